The van der Waals surface area contributed by atoms with Crippen LogP contribution in [0, 0.1) is 0 Å². The zero-order valence-corrected chi connectivity index (χ0v) is 29.7. The summed E-state index contributed by atoms with van der Waals surface area (Å²) in [7, 11) is 0. The van der Waals surface area contributed by atoms with E-state index in [0.717, 1.165) is 11.4 Å². The van der Waals surface area contributed by atoms with E-state index in [0.29, 0.717) is 0 Å². The molecule has 10 aromatic rings. The zero-order valence-electron chi connectivity index (χ0n) is 29.7. The normalized spacial score (nSPS) is 13.2. The van der Waals surface area contributed by atoms with E-state index < -0.39 is 0 Å². The van der Waals surface area contributed by atoms with Crippen LogP contribution in [0.2, 0.25) is 0 Å². The van der Waals surface area contributed by atoms with Crippen molar-refractivity contribution in [3.05, 3.63) is 193 Å². The van der Waals surface area contributed by atoms with Gasteiger partial charge in [0.15, 0.2) is 0 Å². The maximum Gasteiger partial charge on any atom is 0.0548 e. The maximum absolute atomic E-state index is 2.44. The van der Waals surface area contributed by atoms with E-state index in [1.165, 1.54) is 88.1 Å². The molecule has 0 saturated carbocycles. The number of benzene rings is 8. The summed E-state index contributed by atoms with van der Waals surface area (Å²) in [4.78, 5) is 0. The van der Waals surface area contributed by atoms with Gasteiger partial charge in [-0.15, -0.1) is 0 Å². The second-order valence-electron chi connectivity index (χ2n) is 14.9. The van der Waals surface area contributed by atoms with Gasteiger partial charge in [0.25, 0.3) is 0 Å². The highest BCUT2D eigenvalue weighted by atomic mass is 15.0. The van der Waals surface area contributed by atoms with Crippen molar-refractivity contribution in [3.63, 3.8) is 0 Å². The van der Waals surface area contributed by atoms with E-state index in [1.54, 1.807) is 0 Å². The SMILES string of the molecule is CC1(C)c2ccccc2-c2cc(-c3ccc(-n4c5ccccc5c5c6c7ccccc7n(-c7ccc(-c8ccccc8)cc7)c6ccc54)cc3)ccc21. The van der Waals surface area contributed by atoms with Crippen molar-refractivity contribution in [3.8, 4) is 44.8 Å². The largest absolute Gasteiger partial charge is 0.309 e. The Labute approximate surface area is 308 Å². The Morgan fingerprint density at radius 2 is 0.792 bits per heavy atom. The van der Waals surface area contributed by atoms with Gasteiger partial charge in [-0.05, 0) is 99.1 Å². The van der Waals surface area contributed by atoms with Gasteiger partial charge in [-0.25, -0.2) is 0 Å². The van der Waals surface area contributed by atoms with Crippen LogP contribution in [0.1, 0.15) is 25.0 Å². The highest BCUT2D eigenvalue weighted by molar-refractivity contribution is 6.28. The molecule has 0 N–H and O–H groups in total. The van der Waals surface area contributed by atoms with Crippen LogP contribution in [0.25, 0.3) is 88.4 Å². The number of hydrogen-bond donors (Lipinski definition) is 0. The second kappa shape index (κ2) is 11.2. The monoisotopic (exact) mass is 676 g/mol. The highest BCUT2D eigenvalue weighted by Gasteiger charge is 2.35. The number of hydrogen-bond acceptors (Lipinski definition) is 0. The minimum atomic E-state index is 0.00949. The van der Waals surface area contributed by atoms with Crippen molar-refractivity contribution in [2.24, 2.45) is 0 Å². The van der Waals surface area contributed by atoms with Crippen molar-refractivity contribution in [2.75, 3.05) is 0 Å². The third-order valence-electron chi connectivity index (χ3n) is 11.7. The Hall–Kier alpha value is -6.64. The molecule has 1 aliphatic carbocycles. The van der Waals surface area contributed by atoms with Gasteiger partial charge in [-0.3, -0.25) is 0 Å². The highest BCUT2D eigenvalue weighted by Crippen LogP contribution is 2.49. The fourth-order valence-electron chi connectivity index (χ4n) is 9.21. The first-order valence-corrected chi connectivity index (χ1v) is 18.5. The molecular weight excluding hydrogens is 641 g/mol. The first-order valence-electron chi connectivity index (χ1n) is 18.5. The molecule has 0 spiro atoms. The molecule has 0 saturated heterocycles. The van der Waals surface area contributed by atoms with Gasteiger partial charge in [0.1, 0.15) is 0 Å². The van der Waals surface area contributed by atoms with E-state index in [1.807, 2.05) is 0 Å². The first kappa shape index (κ1) is 30.0. The lowest BCUT2D eigenvalue weighted by molar-refractivity contribution is 0.660. The third kappa shape index (κ3) is 4.33. The predicted molar refractivity (Wildman–Crippen MR) is 224 cm³/mol. The maximum atomic E-state index is 2.44. The Kier molecular flexibility index (Phi) is 6.33. The van der Waals surface area contributed by atoms with Gasteiger partial charge in [0.05, 0.1) is 22.1 Å². The number of fused-ring (bicyclic) bond motifs is 10. The number of aromatic nitrogens is 2. The Bertz CT molecular complexity index is 3050. The van der Waals surface area contributed by atoms with Gasteiger partial charge in [-0.1, -0.05) is 141 Å². The molecule has 0 bridgehead atoms. The molecule has 0 amide bonds. The summed E-state index contributed by atoms with van der Waals surface area (Å²) >= 11 is 0. The standard InChI is InChI=1S/C51H36N2/c1-51(2)43-17-9-6-14-39(43)42-32-36(24-29-44(42)51)35-22-27-38(28-23-35)53-46-19-11-8-16-41(46)50-48(53)31-30-47-49(50)40-15-7-10-18-45(40)52(47)37-25-20-34(21-26-37)33-12-4-3-5-13-33/h3-32H,1-2H3. The second-order valence-corrected chi connectivity index (χ2v) is 14.9. The molecule has 0 atom stereocenters. The molecule has 250 valence electrons. The molecule has 2 heterocycles. The first-order chi connectivity index (χ1) is 26.1. The molecule has 0 fully saturated rings. The van der Waals surface area contributed by atoms with Crippen LogP contribution in [0.15, 0.2) is 182 Å². The Morgan fingerprint density at radius 1 is 0.340 bits per heavy atom. The average molecular weight is 677 g/mol. The lowest BCUT2D eigenvalue weighted by Crippen LogP contribution is -2.14. The molecular formula is C51H36N2. The molecule has 11 rings (SSSR count). The van der Waals surface area contributed by atoms with Crippen molar-refractivity contribution in [2.45, 2.75) is 19.3 Å². The van der Waals surface area contributed by atoms with Crippen LogP contribution < -0.4 is 0 Å². The summed E-state index contributed by atoms with van der Waals surface area (Å²) in [5.41, 5.74) is 17.6. The Morgan fingerprint density at radius 3 is 1.40 bits per heavy atom. The van der Waals surface area contributed by atoms with E-state index >= 15 is 0 Å². The van der Waals surface area contributed by atoms with Gasteiger partial charge in [0.2, 0.25) is 0 Å². The predicted octanol–water partition coefficient (Wildman–Crippen LogP) is 13.5. The summed E-state index contributed by atoms with van der Waals surface area (Å²) in [6.07, 6.45) is 0. The smallest absolute Gasteiger partial charge is 0.0548 e. The molecule has 0 radical (unpaired) electrons. The van der Waals surface area contributed by atoms with Crippen molar-refractivity contribution >= 4 is 43.6 Å². The lowest BCUT2D eigenvalue weighted by atomic mass is 9.82. The van der Waals surface area contributed by atoms with Crippen LogP contribution in [0.4, 0.5) is 0 Å². The van der Waals surface area contributed by atoms with Crippen LogP contribution in [0.3, 0.4) is 0 Å². The number of nitrogens with zero attached hydrogens (tertiary/aromatic N) is 2. The van der Waals surface area contributed by atoms with Gasteiger partial charge in [-0.2, -0.15) is 0 Å². The quantitative estimate of drug-likeness (QED) is 0.176. The summed E-state index contributed by atoms with van der Waals surface area (Å²) in [5.74, 6) is 0. The lowest BCUT2D eigenvalue weighted by Gasteiger charge is -2.21. The fourth-order valence-corrected chi connectivity index (χ4v) is 9.21. The summed E-state index contributed by atoms with van der Waals surface area (Å²) in [5, 5.41) is 5.11. The summed E-state index contributed by atoms with van der Waals surface area (Å²) in [6.45, 7) is 4.68. The van der Waals surface area contributed by atoms with Gasteiger partial charge in [0, 0.05) is 38.3 Å². The third-order valence-corrected chi connectivity index (χ3v) is 11.7. The summed E-state index contributed by atoms with van der Waals surface area (Å²) < 4.78 is 4.87. The van der Waals surface area contributed by atoms with Crippen LogP contribution in [-0.4, -0.2) is 9.13 Å². The molecule has 2 aromatic heterocycles. The summed E-state index contributed by atoms with van der Waals surface area (Å²) in [6, 6.07) is 67.0. The van der Waals surface area contributed by atoms with Crippen molar-refractivity contribution in [1.29, 1.82) is 0 Å². The van der Waals surface area contributed by atoms with E-state index in [2.05, 4.69) is 205 Å². The molecule has 53 heavy (non-hydrogen) atoms. The molecule has 0 unspecified atom stereocenters. The van der Waals surface area contributed by atoms with E-state index in [9.17, 15) is 0 Å². The van der Waals surface area contributed by atoms with Gasteiger partial charge < -0.3 is 9.13 Å². The zero-order chi connectivity index (χ0) is 35.3. The van der Waals surface area contributed by atoms with Gasteiger partial charge >= 0.3 is 0 Å². The van der Waals surface area contributed by atoms with E-state index in [4.69, 9.17) is 0 Å². The van der Waals surface area contributed by atoms with Crippen molar-refractivity contribution < 1.29 is 0 Å². The molecule has 1 aliphatic rings. The fraction of sp³-hybridized carbons (Fsp3) is 0.0588. The van der Waals surface area contributed by atoms with E-state index in [-0.39, 0.29) is 5.41 Å². The number of rotatable bonds is 4. The minimum Gasteiger partial charge on any atom is -0.309 e. The molecule has 0 aliphatic heterocycles. The average Bonchev–Trinajstić information content (AvgIpc) is 3.81. The Balaban J connectivity index is 1.06. The van der Waals surface area contributed by atoms with Crippen molar-refractivity contribution in [1.82, 2.24) is 9.13 Å². The van der Waals surface area contributed by atoms with Crippen LogP contribution in [-0.2, 0) is 5.41 Å². The molecule has 8 aromatic carbocycles. The van der Waals surface area contributed by atoms with Crippen LogP contribution >= 0.6 is 0 Å². The minimum absolute atomic E-state index is 0.00949. The molecule has 2 nitrogen and oxygen atoms in total. The topological polar surface area (TPSA) is 9.86 Å². The number of para-hydroxylation sites is 2. The molecule has 2 heteroatoms. The van der Waals surface area contributed by atoms with Crippen LogP contribution in [0.5, 0.6) is 0 Å².